The molecule has 1 aliphatic rings. The second kappa shape index (κ2) is 6.86. The third kappa shape index (κ3) is 4.04. The van der Waals surface area contributed by atoms with Gasteiger partial charge in [0.15, 0.2) is 0 Å². The topological polar surface area (TPSA) is 32.3 Å². The molecule has 0 bridgehead atoms. The lowest BCUT2D eigenvalue weighted by Gasteiger charge is -2.27. The van der Waals surface area contributed by atoms with Crippen LogP contribution >= 0.6 is 31.9 Å². The molecule has 1 heterocycles. The Labute approximate surface area is 131 Å². The Morgan fingerprint density at radius 1 is 1.37 bits per heavy atom. The predicted molar refractivity (Wildman–Crippen MR) is 84.4 cm³/mol. The summed E-state index contributed by atoms with van der Waals surface area (Å²) in [6.07, 6.45) is 2.30. The molecule has 0 spiro atoms. The highest BCUT2D eigenvalue weighted by Gasteiger charge is 2.20. The standard InChI is InChI=1S/C14H18Br2N2O/c1-18(9-10-4-6-17-7-5-10)14(19)12-8-11(15)2-3-13(12)16/h2-3,8,10,17H,4-7,9H2,1H3. The first-order chi connectivity index (χ1) is 9.08. The van der Waals surface area contributed by atoms with Crippen molar-refractivity contribution in [2.45, 2.75) is 12.8 Å². The van der Waals surface area contributed by atoms with Crippen LogP contribution in [0.5, 0.6) is 0 Å². The van der Waals surface area contributed by atoms with E-state index in [9.17, 15) is 4.79 Å². The summed E-state index contributed by atoms with van der Waals surface area (Å²) >= 11 is 6.86. The summed E-state index contributed by atoms with van der Waals surface area (Å²) in [5.41, 5.74) is 0.714. The number of benzene rings is 1. The highest BCUT2D eigenvalue weighted by atomic mass is 79.9. The van der Waals surface area contributed by atoms with Crippen molar-refractivity contribution in [1.29, 1.82) is 0 Å². The number of amides is 1. The third-order valence-electron chi connectivity index (χ3n) is 3.50. The van der Waals surface area contributed by atoms with Gasteiger partial charge in [-0.05, 0) is 66.0 Å². The summed E-state index contributed by atoms with van der Waals surface area (Å²) in [7, 11) is 1.89. The molecule has 1 aromatic rings. The van der Waals surface area contributed by atoms with Crippen LogP contribution in [0.2, 0.25) is 0 Å². The average Bonchev–Trinajstić information content (AvgIpc) is 2.42. The van der Waals surface area contributed by atoms with E-state index in [1.165, 1.54) is 0 Å². The fourth-order valence-electron chi connectivity index (χ4n) is 2.40. The van der Waals surface area contributed by atoms with Crippen LogP contribution in [0.1, 0.15) is 23.2 Å². The van der Waals surface area contributed by atoms with Gasteiger partial charge in [-0.3, -0.25) is 4.79 Å². The Morgan fingerprint density at radius 2 is 2.05 bits per heavy atom. The summed E-state index contributed by atoms with van der Waals surface area (Å²) in [6.45, 7) is 2.96. The fourth-order valence-corrected chi connectivity index (χ4v) is 3.18. The molecule has 0 unspecified atom stereocenters. The summed E-state index contributed by atoms with van der Waals surface area (Å²) in [4.78, 5) is 14.3. The molecule has 1 amide bonds. The molecule has 0 aliphatic carbocycles. The lowest BCUT2D eigenvalue weighted by atomic mass is 9.97. The van der Waals surface area contributed by atoms with Gasteiger partial charge in [0.25, 0.3) is 5.91 Å². The van der Waals surface area contributed by atoms with Crippen molar-refractivity contribution >= 4 is 37.8 Å². The van der Waals surface area contributed by atoms with Crippen LogP contribution in [0.3, 0.4) is 0 Å². The Balaban J connectivity index is 2.03. The number of rotatable bonds is 3. The maximum Gasteiger partial charge on any atom is 0.254 e. The lowest BCUT2D eigenvalue weighted by molar-refractivity contribution is 0.0762. The molecular formula is C14H18Br2N2O. The van der Waals surface area contributed by atoms with Gasteiger partial charge in [-0.1, -0.05) is 15.9 Å². The molecule has 1 saturated heterocycles. The van der Waals surface area contributed by atoms with Gasteiger partial charge in [0.2, 0.25) is 0 Å². The number of hydrogen-bond donors (Lipinski definition) is 1. The Morgan fingerprint density at radius 3 is 2.74 bits per heavy atom. The number of nitrogens with one attached hydrogen (secondary N) is 1. The SMILES string of the molecule is CN(CC1CCNCC1)C(=O)c1cc(Br)ccc1Br. The highest BCUT2D eigenvalue weighted by Crippen LogP contribution is 2.23. The molecule has 3 nitrogen and oxygen atoms in total. The first-order valence-corrected chi connectivity index (χ1v) is 8.08. The van der Waals surface area contributed by atoms with E-state index >= 15 is 0 Å². The Kier molecular flexibility index (Phi) is 5.42. The van der Waals surface area contributed by atoms with E-state index < -0.39 is 0 Å². The van der Waals surface area contributed by atoms with Gasteiger partial charge in [0.1, 0.15) is 0 Å². The van der Waals surface area contributed by atoms with E-state index in [1.54, 1.807) is 0 Å². The van der Waals surface area contributed by atoms with Crippen LogP contribution in [0.25, 0.3) is 0 Å². The van der Waals surface area contributed by atoms with Crippen molar-refractivity contribution in [3.8, 4) is 0 Å². The van der Waals surface area contributed by atoms with E-state index in [2.05, 4.69) is 37.2 Å². The van der Waals surface area contributed by atoms with Crippen molar-refractivity contribution in [2.75, 3.05) is 26.7 Å². The minimum Gasteiger partial charge on any atom is -0.341 e. The molecule has 19 heavy (non-hydrogen) atoms. The quantitative estimate of drug-likeness (QED) is 0.860. The number of piperidine rings is 1. The van der Waals surface area contributed by atoms with Gasteiger partial charge >= 0.3 is 0 Å². The summed E-state index contributed by atoms with van der Waals surface area (Å²) in [5.74, 6) is 0.688. The van der Waals surface area contributed by atoms with Crippen LogP contribution in [-0.2, 0) is 0 Å². The number of nitrogens with zero attached hydrogens (tertiary/aromatic N) is 1. The molecule has 0 atom stereocenters. The maximum atomic E-state index is 12.5. The first kappa shape index (κ1) is 15.0. The molecule has 0 saturated carbocycles. The first-order valence-electron chi connectivity index (χ1n) is 6.49. The molecule has 1 aliphatic heterocycles. The van der Waals surface area contributed by atoms with E-state index in [1.807, 2.05) is 30.1 Å². The third-order valence-corrected chi connectivity index (χ3v) is 4.68. The summed E-state index contributed by atoms with van der Waals surface area (Å²) in [6, 6.07) is 5.69. The molecule has 1 fully saturated rings. The lowest BCUT2D eigenvalue weighted by Crippen LogP contribution is -2.37. The van der Waals surface area contributed by atoms with Gasteiger partial charge in [-0.2, -0.15) is 0 Å². The predicted octanol–water partition coefficient (Wildman–Crippen LogP) is 3.28. The zero-order valence-electron chi connectivity index (χ0n) is 11.0. The zero-order chi connectivity index (χ0) is 13.8. The van der Waals surface area contributed by atoms with Gasteiger partial charge in [0.05, 0.1) is 5.56 Å². The molecule has 1 N–H and O–H groups in total. The maximum absolute atomic E-state index is 12.5. The fraction of sp³-hybridized carbons (Fsp3) is 0.500. The Hall–Kier alpha value is -0.390. The van der Waals surface area contributed by atoms with Crippen LogP contribution in [0.15, 0.2) is 27.1 Å². The van der Waals surface area contributed by atoms with Crippen molar-refractivity contribution < 1.29 is 4.79 Å². The van der Waals surface area contributed by atoms with E-state index in [0.717, 1.165) is 41.4 Å². The van der Waals surface area contributed by atoms with Crippen LogP contribution < -0.4 is 5.32 Å². The molecule has 5 heteroatoms. The highest BCUT2D eigenvalue weighted by molar-refractivity contribution is 9.11. The van der Waals surface area contributed by atoms with Gasteiger partial charge in [-0.15, -0.1) is 0 Å². The number of hydrogen-bond acceptors (Lipinski definition) is 2. The van der Waals surface area contributed by atoms with E-state index in [4.69, 9.17) is 0 Å². The molecule has 0 aromatic heterocycles. The second-order valence-corrected chi connectivity index (χ2v) is 6.77. The summed E-state index contributed by atoms with van der Waals surface area (Å²) < 4.78 is 1.77. The van der Waals surface area contributed by atoms with Crippen LogP contribution in [0, 0.1) is 5.92 Å². The summed E-state index contributed by atoms with van der Waals surface area (Å²) in [5, 5.41) is 3.35. The van der Waals surface area contributed by atoms with Gasteiger partial charge in [-0.25, -0.2) is 0 Å². The van der Waals surface area contributed by atoms with Crippen molar-refractivity contribution in [2.24, 2.45) is 5.92 Å². The van der Waals surface area contributed by atoms with Gasteiger partial charge in [0, 0.05) is 22.5 Å². The molecule has 1 aromatic carbocycles. The molecule has 104 valence electrons. The smallest absolute Gasteiger partial charge is 0.254 e. The minimum absolute atomic E-state index is 0.0757. The van der Waals surface area contributed by atoms with E-state index in [0.29, 0.717) is 11.5 Å². The van der Waals surface area contributed by atoms with Crippen LogP contribution in [-0.4, -0.2) is 37.5 Å². The number of carbonyl (C=O) groups excluding carboxylic acids is 1. The van der Waals surface area contributed by atoms with E-state index in [-0.39, 0.29) is 5.91 Å². The molecule has 0 radical (unpaired) electrons. The molecule has 2 rings (SSSR count). The largest absolute Gasteiger partial charge is 0.341 e. The van der Waals surface area contributed by atoms with Crippen LogP contribution in [0.4, 0.5) is 0 Å². The van der Waals surface area contributed by atoms with Gasteiger partial charge < -0.3 is 10.2 Å². The normalized spacial score (nSPS) is 16.4. The van der Waals surface area contributed by atoms with Crippen molar-refractivity contribution in [3.63, 3.8) is 0 Å². The number of carbonyl (C=O) groups is 1. The average molecular weight is 390 g/mol. The minimum atomic E-state index is 0.0757. The second-order valence-electron chi connectivity index (χ2n) is 5.00. The van der Waals surface area contributed by atoms with Crippen molar-refractivity contribution in [1.82, 2.24) is 10.2 Å². The monoisotopic (exact) mass is 388 g/mol. The molecular weight excluding hydrogens is 372 g/mol. The van der Waals surface area contributed by atoms with Crippen molar-refractivity contribution in [3.05, 3.63) is 32.7 Å². The Bertz CT molecular complexity index is 459. The number of halogens is 2. The zero-order valence-corrected chi connectivity index (χ0v) is 14.1.